The molecule has 0 aliphatic heterocycles. The zero-order valence-corrected chi connectivity index (χ0v) is 13.8. The molecule has 0 heterocycles. The summed E-state index contributed by atoms with van der Waals surface area (Å²) in [4.78, 5) is 2.13. The molecule has 1 aromatic carbocycles. The van der Waals surface area contributed by atoms with Crippen LogP contribution in [0.5, 0.6) is 5.75 Å². The van der Waals surface area contributed by atoms with Crippen LogP contribution < -0.4 is 10.1 Å². The van der Waals surface area contributed by atoms with Crippen molar-refractivity contribution in [1.82, 2.24) is 4.90 Å². The Morgan fingerprint density at radius 2 is 1.76 bits per heavy atom. The summed E-state index contributed by atoms with van der Waals surface area (Å²) < 4.78 is 5.71. The highest BCUT2D eigenvalue weighted by Crippen LogP contribution is 2.28. The number of hydrogen-bond acceptors (Lipinski definition) is 3. The number of ether oxygens (including phenoxy) is 1. The lowest BCUT2D eigenvalue weighted by atomic mass is 9.83. The lowest BCUT2D eigenvalue weighted by molar-refractivity contribution is 0.261. The van der Waals surface area contributed by atoms with Gasteiger partial charge in [0.2, 0.25) is 0 Å². The Morgan fingerprint density at radius 1 is 1.10 bits per heavy atom. The van der Waals surface area contributed by atoms with Crippen molar-refractivity contribution in [3.63, 3.8) is 0 Å². The molecule has 1 aliphatic carbocycles. The molecule has 3 nitrogen and oxygen atoms in total. The summed E-state index contributed by atoms with van der Waals surface area (Å²) in [5.41, 5.74) is 1.20. The molecule has 0 amide bonds. The topological polar surface area (TPSA) is 24.5 Å². The van der Waals surface area contributed by atoms with Crippen molar-refractivity contribution >= 4 is 5.69 Å². The lowest BCUT2D eigenvalue weighted by Gasteiger charge is -2.26. The van der Waals surface area contributed by atoms with Gasteiger partial charge in [-0.05, 0) is 63.0 Å². The van der Waals surface area contributed by atoms with E-state index in [2.05, 4.69) is 55.5 Å². The number of likely N-dealkylation sites (N-methyl/N-ethyl adjacent to an activating group) is 1. The SMILES string of the molecule is CC1CCC(CNc2ccc(OCCN(C)C)cc2)CC1. The van der Waals surface area contributed by atoms with Gasteiger partial charge in [0, 0.05) is 18.8 Å². The number of nitrogens with zero attached hydrogens (tertiary/aromatic N) is 1. The van der Waals surface area contributed by atoms with Gasteiger partial charge in [-0.3, -0.25) is 0 Å². The molecule has 1 N–H and O–H groups in total. The van der Waals surface area contributed by atoms with Crippen molar-refractivity contribution in [2.45, 2.75) is 32.6 Å². The summed E-state index contributed by atoms with van der Waals surface area (Å²) in [5, 5.41) is 3.57. The quantitative estimate of drug-likeness (QED) is 0.825. The zero-order chi connectivity index (χ0) is 15.1. The van der Waals surface area contributed by atoms with Gasteiger partial charge in [0.25, 0.3) is 0 Å². The van der Waals surface area contributed by atoms with E-state index in [4.69, 9.17) is 4.74 Å². The first kappa shape index (κ1) is 16.2. The molecule has 2 rings (SSSR count). The Labute approximate surface area is 129 Å². The second-order valence-corrected chi connectivity index (χ2v) is 6.68. The molecular weight excluding hydrogens is 260 g/mol. The molecule has 1 saturated carbocycles. The van der Waals surface area contributed by atoms with Crippen LogP contribution in [0, 0.1) is 11.8 Å². The van der Waals surface area contributed by atoms with Gasteiger partial charge in [0.05, 0.1) is 0 Å². The molecule has 0 radical (unpaired) electrons. The summed E-state index contributed by atoms with van der Waals surface area (Å²) in [7, 11) is 4.12. The van der Waals surface area contributed by atoms with E-state index in [1.54, 1.807) is 0 Å². The fraction of sp³-hybridized carbons (Fsp3) is 0.667. The Bertz CT molecular complexity index is 394. The minimum atomic E-state index is 0.736. The van der Waals surface area contributed by atoms with Crippen LogP contribution in [0.2, 0.25) is 0 Å². The summed E-state index contributed by atoms with van der Waals surface area (Å²) in [6.45, 7) is 5.16. The maximum atomic E-state index is 5.71. The summed E-state index contributed by atoms with van der Waals surface area (Å²) in [6, 6.07) is 8.36. The highest BCUT2D eigenvalue weighted by atomic mass is 16.5. The normalized spacial score (nSPS) is 22.3. The third-order valence-electron chi connectivity index (χ3n) is 4.39. The van der Waals surface area contributed by atoms with Crippen LogP contribution in [0.1, 0.15) is 32.6 Å². The van der Waals surface area contributed by atoms with Crippen LogP contribution in [0.15, 0.2) is 24.3 Å². The highest BCUT2D eigenvalue weighted by Gasteiger charge is 2.17. The van der Waals surface area contributed by atoms with Gasteiger partial charge in [-0.15, -0.1) is 0 Å². The highest BCUT2D eigenvalue weighted by molar-refractivity contribution is 5.46. The van der Waals surface area contributed by atoms with Crippen LogP contribution >= 0.6 is 0 Å². The van der Waals surface area contributed by atoms with Gasteiger partial charge in [-0.25, -0.2) is 0 Å². The lowest BCUT2D eigenvalue weighted by Crippen LogP contribution is -2.20. The van der Waals surface area contributed by atoms with E-state index in [0.29, 0.717) is 0 Å². The molecule has 21 heavy (non-hydrogen) atoms. The van der Waals surface area contributed by atoms with Crippen molar-refractivity contribution in [2.75, 3.05) is 39.1 Å². The average Bonchev–Trinajstić information content (AvgIpc) is 2.48. The van der Waals surface area contributed by atoms with Crippen LogP contribution in [0.3, 0.4) is 0 Å². The van der Waals surface area contributed by atoms with Crippen molar-refractivity contribution in [3.8, 4) is 5.75 Å². The monoisotopic (exact) mass is 290 g/mol. The Kier molecular flexibility index (Phi) is 6.37. The van der Waals surface area contributed by atoms with Crippen molar-refractivity contribution < 1.29 is 4.74 Å². The first-order valence-electron chi connectivity index (χ1n) is 8.25. The van der Waals surface area contributed by atoms with E-state index >= 15 is 0 Å². The molecule has 1 fully saturated rings. The van der Waals surface area contributed by atoms with Crippen LogP contribution in [0.25, 0.3) is 0 Å². The largest absolute Gasteiger partial charge is 0.492 e. The smallest absolute Gasteiger partial charge is 0.119 e. The first-order chi connectivity index (χ1) is 10.1. The maximum Gasteiger partial charge on any atom is 0.119 e. The summed E-state index contributed by atoms with van der Waals surface area (Å²) in [6.07, 6.45) is 5.54. The fourth-order valence-corrected chi connectivity index (χ4v) is 2.81. The second-order valence-electron chi connectivity index (χ2n) is 6.68. The third kappa shape index (κ3) is 5.96. The predicted molar refractivity (Wildman–Crippen MR) is 90.1 cm³/mol. The van der Waals surface area contributed by atoms with Crippen LogP contribution in [-0.4, -0.2) is 38.7 Å². The molecule has 3 heteroatoms. The summed E-state index contributed by atoms with van der Waals surface area (Å²) >= 11 is 0. The number of anilines is 1. The second kappa shape index (κ2) is 8.28. The molecular formula is C18H30N2O. The Balaban J connectivity index is 1.69. The van der Waals surface area contributed by atoms with E-state index in [1.807, 2.05) is 0 Å². The average molecular weight is 290 g/mol. The Morgan fingerprint density at radius 3 is 2.38 bits per heavy atom. The van der Waals surface area contributed by atoms with Crippen molar-refractivity contribution in [3.05, 3.63) is 24.3 Å². The molecule has 1 aliphatic rings. The zero-order valence-electron chi connectivity index (χ0n) is 13.8. The van der Waals surface area contributed by atoms with Gasteiger partial charge in [0.1, 0.15) is 12.4 Å². The van der Waals surface area contributed by atoms with Gasteiger partial charge in [0.15, 0.2) is 0 Å². The molecule has 0 unspecified atom stereocenters. The molecule has 0 bridgehead atoms. The minimum absolute atomic E-state index is 0.736. The molecule has 0 spiro atoms. The van der Waals surface area contributed by atoms with E-state index in [-0.39, 0.29) is 0 Å². The van der Waals surface area contributed by atoms with Crippen LogP contribution in [0.4, 0.5) is 5.69 Å². The third-order valence-corrected chi connectivity index (χ3v) is 4.39. The number of benzene rings is 1. The Hall–Kier alpha value is -1.22. The maximum absolute atomic E-state index is 5.71. The van der Waals surface area contributed by atoms with Gasteiger partial charge in [-0.2, -0.15) is 0 Å². The van der Waals surface area contributed by atoms with Gasteiger partial charge in [-0.1, -0.05) is 19.8 Å². The number of hydrogen-bond donors (Lipinski definition) is 1. The molecule has 0 atom stereocenters. The number of rotatable bonds is 7. The first-order valence-corrected chi connectivity index (χ1v) is 8.25. The van der Waals surface area contributed by atoms with E-state index in [1.165, 1.54) is 31.4 Å². The summed E-state index contributed by atoms with van der Waals surface area (Å²) in [5.74, 6) is 2.73. The predicted octanol–water partition coefficient (Wildman–Crippen LogP) is 3.87. The van der Waals surface area contributed by atoms with Crippen molar-refractivity contribution in [2.24, 2.45) is 11.8 Å². The molecule has 0 saturated heterocycles. The van der Waals surface area contributed by atoms with E-state index < -0.39 is 0 Å². The minimum Gasteiger partial charge on any atom is -0.492 e. The molecule has 118 valence electrons. The van der Waals surface area contributed by atoms with E-state index in [0.717, 1.165) is 37.3 Å². The van der Waals surface area contributed by atoms with Gasteiger partial charge >= 0.3 is 0 Å². The fourth-order valence-electron chi connectivity index (χ4n) is 2.81. The standard InChI is InChI=1S/C18H30N2O/c1-15-4-6-16(7-5-15)14-19-17-8-10-18(11-9-17)21-13-12-20(2)3/h8-11,15-16,19H,4-7,12-14H2,1-3H3. The van der Waals surface area contributed by atoms with E-state index in [9.17, 15) is 0 Å². The van der Waals surface area contributed by atoms with Gasteiger partial charge < -0.3 is 15.0 Å². The van der Waals surface area contributed by atoms with Crippen LogP contribution in [-0.2, 0) is 0 Å². The number of nitrogens with one attached hydrogen (secondary N) is 1. The molecule has 0 aromatic heterocycles. The van der Waals surface area contributed by atoms with Crippen molar-refractivity contribution in [1.29, 1.82) is 0 Å². The molecule has 1 aromatic rings.